The van der Waals surface area contributed by atoms with E-state index in [4.69, 9.17) is 10.5 Å². The maximum Gasteiger partial charge on any atom is 0.412 e. The molecule has 7 heteroatoms. The van der Waals surface area contributed by atoms with Gasteiger partial charge in [-0.25, -0.2) is 4.79 Å². The van der Waals surface area contributed by atoms with Gasteiger partial charge in [0.25, 0.3) is 0 Å². The van der Waals surface area contributed by atoms with Crippen LogP contribution in [0.15, 0.2) is 0 Å². The lowest BCUT2D eigenvalue weighted by Gasteiger charge is -2.15. The third-order valence-electron chi connectivity index (χ3n) is 3.55. The van der Waals surface area contributed by atoms with E-state index in [2.05, 4.69) is 22.0 Å². The summed E-state index contributed by atoms with van der Waals surface area (Å²) in [6, 6.07) is 2.00. The Morgan fingerprint density at radius 3 is 2.57 bits per heavy atom. The molecular formula is C16H24N4O3. The molecule has 0 aliphatic carbocycles. The lowest BCUT2D eigenvalue weighted by Crippen LogP contribution is -2.16. The van der Waals surface area contributed by atoms with E-state index in [1.165, 1.54) is 27.1 Å². The van der Waals surface area contributed by atoms with Crippen molar-refractivity contribution < 1.29 is 14.3 Å². The minimum Gasteiger partial charge on any atom is -0.480 e. The summed E-state index contributed by atoms with van der Waals surface area (Å²) >= 11 is 0. The first kappa shape index (κ1) is 18.6. The summed E-state index contributed by atoms with van der Waals surface area (Å²) in [4.78, 5) is 15.7. The molecule has 0 bridgehead atoms. The topological polar surface area (TPSA) is 110 Å². The maximum absolute atomic E-state index is 11.5. The van der Waals surface area contributed by atoms with Crippen molar-refractivity contribution in [1.82, 2.24) is 4.98 Å². The van der Waals surface area contributed by atoms with Crippen LogP contribution in [0, 0.1) is 11.3 Å². The predicted molar refractivity (Wildman–Crippen MR) is 88.4 cm³/mol. The summed E-state index contributed by atoms with van der Waals surface area (Å²) < 4.78 is 9.68. The Hall–Kier alpha value is -2.49. The molecule has 1 rings (SSSR count). The number of hydrogen-bond acceptors (Lipinski definition) is 6. The molecule has 7 nitrogen and oxygen atoms in total. The van der Waals surface area contributed by atoms with E-state index in [1.54, 1.807) is 0 Å². The fourth-order valence-electron chi connectivity index (χ4n) is 2.28. The number of methoxy groups -OCH3 is 2. The number of nitrogens with two attached hydrogens (primary N) is 1. The maximum atomic E-state index is 11.5. The molecule has 1 amide bonds. The van der Waals surface area contributed by atoms with Gasteiger partial charge in [-0.2, -0.15) is 10.2 Å². The molecule has 23 heavy (non-hydrogen) atoms. The first-order valence-corrected chi connectivity index (χ1v) is 7.70. The van der Waals surface area contributed by atoms with Gasteiger partial charge in [0.05, 0.1) is 19.9 Å². The van der Waals surface area contributed by atoms with E-state index in [1.807, 2.05) is 6.07 Å². The molecule has 0 spiro atoms. The Morgan fingerprint density at radius 1 is 1.30 bits per heavy atom. The zero-order valence-corrected chi connectivity index (χ0v) is 13.9. The van der Waals surface area contributed by atoms with Crippen LogP contribution in [0.5, 0.6) is 5.88 Å². The Labute approximate surface area is 136 Å². The van der Waals surface area contributed by atoms with Gasteiger partial charge in [-0.3, -0.25) is 5.32 Å². The number of ether oxygens (including phenoxy) is 2. The van der Waals surface area contributed by atoms with Crippen molar-refractivity contribution in [2.24, 2.45) is 0 Å². The molecule has 0 fully saturated rings. The number of rotatable bonds is 8. The summed E-state index contributed by atoms with van der Waals surface area (Å²) in [5, 5.41) is 11.8. The van der Waals surface area contributed by atoms with Crippen LogP contribution < -0.4 is 15.8 Å². The van der Waals surface area contributed by atoms with Crippen molar-refractivity contribution in [3.63, 3.8) is 0 Å². The highest BCUT2D eigenvalue weighted by molar-refractivity contribution is 5.86. The number of nitrogens with zero attached hydrogens (tertiary/aromatic N) is 2. The smallest absolute Gasteiger partial charge is 0.412 e. The van der Waals surface area contributed by atoms with Crippen LogP contribution >= 0.6 is 0 Å². The van der Waals surface area contributed by atoms with Crippen LogP contribution in [0.25, 0.3) is 0 Å². The fraction of sp³-hybridized carbons (Fsp3) is 0.562. The van der Waals surface area contributed by atoms with E-state index in [0.717, 1.165) is 19.3 Å². The molecule has 3 N–H and O–H groups in total. The summed E-state index contributed by atoms with van der Waals surface area (Å²) in [5.74, 6) is 0.367. The number of nitrogen functional groups attached to an aromatic ring is 1. The Morgan fingerprint density at radius 2 is 2.00 bits per heavy atom. The average molecular weight is 320 g/mol. The molecule has 126 valence electrons. The predicted octanol–water partition coefficient (Wildman–Crippen LogP) is 3.24. The largest absolute Gasteiger partial charge is 0.480 e. The van der Waals surface area contributed by atoms with Gasteiger partial charge in [0, 0.05) is 5.56 Å². The summed E-state index contributed by atoms with van der Waals surface area (Å²) in [6.45, 7) is 2.16. The number of unbranched alkanes of at least 4 members (excludes halogenated alkanes) is 4. The second kappa shape index (κ2) is 9.51. The first-order chi connectivity index (χ1) is 11.1. The molecular weight excluding hydrogens is 296 g/mol. The van der Waals surface area contributed by atoms with Crippen molar-refractivity contribution in [2.45, 2.75) is 45.4 Å². The molecule has 0 unspecified atom stereocenters. The number of amides is 1. The van der Waals surface area contributed by atoms with Crippen molar-refractivity contribution in [1.29, 1.82) is 5.26 Å². The summed E-state index contributed by atoms with van der Waals surface area (Å²) in [7, 11) is 2.67. The van der Waals surface area contributed by atoms with Crippen molar-refractivity contribution in [2.75, 3.05) is 25.3 Å². The first-order valence-electron chi connectivity index (χ1n) is 7.70. The molecule has 0 atom stereocenters. The molecule has 0 aromatic carbocycles. The van der Waals surface area contributed by atoms with Crippen LogP contribution in [0.2, 0.25) is 0 Å². The standard InChI is InChI=1S/C16H24N4O3/c1-4-5-6-7-8-9-11-13(18)12(10-17)15(22-2)19-14(11)20-16(21)23-3/h4-9H2,1-3H3,(H3,18,19,20,21). The van der Waals surface area contributed by atoms with Crippen LogP contribution in [0.3, 0.4) is 0 Å². The van der Waals surface area contributed by atoms with E-state index < -0.39 is 6.09 Å². The lowest BCUT2D eigenvalue weighted by atomic mass is 10.0. The van der Waals surface area contributed by atoms with E-state index >= 15 is 0 Å². The molecule has 1 aromatic rings. The fourth-order valence-corrected chi connectivity index (χ4v) is 2.28. The monoisotopic (exact) mass is 320 g/mol. The van der Waals surface area contributed by atoms with Crippen LogP contribution in [0.1, 0.15) is 50.2 Å². The molecule has 0 aliphatic heterocycles. The van der Waals surface area contributed by atoms with E-state index in [-0.39, 0.29) is 17.3 Å². The Bertz CT molecular complexity index is 582. The van der Waals surface area contributed by atoms with Crippen LogP contribution in [-0.2, 0) is 11.2 Å². The normalized spacial score (nSPS) is 10.0. The highest BCUT2D eigenvalue weighted by atomic mass is 16.5. The Balaban J connectivity index is 3.07. The van der Waals surface area contributed by atoms with Gasteiger partial charge in [-0.05, 0) is 12.8 Å². The second-order valence-corrected chi connectivity index (χ2v) is 5.13. The number of carbonyl (C=O) groups is 1. The number of pyridine rings is 1. The summed E-state index contributed by atoms with van der Waals surface area (Å²) in [6.07, 6.45) is 5.44. The molecule has 0 saturated heterocycles. The number of aromatic nitrogens is 1. The zero-order chi connectivity index (χ0) is 17.2. The van der Waals surface area contributed by atoms with Crippen molar-refractivity contribution >= 4 is 17.6 Å². The van der Waals surface area contributed by atoms with Gasteiger partial charge in [-0.15, -0.1) is 0 Å². The zero-order valence-electron chi connectivity index (χ0n) is 13.9. The van der Waals surface area contributed by atoms with Crippen molar-refractivity contribution in [3.05, 3.63) is 11.1 Å². The number of nitrogens with one attached hydrogen (secondary N) is 1. The van der Waals surface area contributed by atoms with Gasteiger partial charge in [0.15, 0.2) is 0 Å². The highest BCUT2D eigenvalue weighted by Gasteiger charge is 2.19. The number of carbonyl (C=O) groups excluding carboxylic acids is 1. The van der Waals surface area contributed by atoms with Crippen molar-refractivity contribution in [3.8, 4) is 11.9 Å². The van der Waals surface area contributed by atoms with Gasteiger partial charge >= 0.3 is 6.09 Å². The number of hydrogen-bond donors (Lipinski definition) is 2. The second-order valence-electron chi connectivity index (χ2n) is 5.13. The van der Waals surface area contributed by atoms with E-state index in [9.17, 15) is 10.1 Å². The molecule has 0 aliphatic rings. The lowest BCUT2D eigenvalue weighted by molar-refractivity contribution is 0.186. The summed E-state index contributed by atoms with van der Waals surface area (Å²) in [5.41, 5.74) is 7.22. The van der Waals surface area contributed by atoms with Gasteiger partial charge in [-0.1, -0.05) is 32.6 Å². The molecule has 0 saturated carbocycles. The molecule has 1 aromatic heterocycles. The molecule has 1 heterocycles. The highest BCUT2D eigenvalue weighted by Crippen LogP contribution is 2.32. The van der Waals surface area contributed by atoms with Crippen LogP contribution in [-0.4, -0.2) is 25.3 Å². The minimum atomic E-state index is -0.643. The Kier molecular flexibility index (Phi) is 7.67. The minimum absolute atomic E-state index is 0.0890. The third kappa shape index (κ3) is 5.02. The molecule has 0 radical (unpaired) electrons. The third-order valence-corrected chi connectivity index (χ3v) is 3.55. The average Bonchev–Trinajstić information content (AvgIpc) is 2.56. The van der Waals surface area contributed by atoms with Crippen LogP contribution in [0.4, 0.5) is 16.3 Å². The van der Waals surface area contributed by atoms with Gasteiger partial charge in [0.2, 0.25) is 5.88 Å². The van der Waals surface area contributed by atoms with Gasteiger partial charge in [0.1, 0.15) is 17.5 Å². The number of nitriles is 1. The van der Waals surface area contributed by atoms with E-state index in [0.29, 0.717) is 17.7 Å². The number of anilines is 2. The quantitative estimate of drug-likeness (QED) is 0.711. The van der Waals surface area contributed by atoms with Gasteiger partial charge < -0.3 is 15.2 Å². The SMILES string of the molecule is CCCCCCCc1c(NC(=O)OC)nc(OC)c(C#N)c1N.